The number of nitrogens with one attached hydrogen (secondary N) is 1. The Bertz CT molecular complexity index is 1330. The minimum atomic E-state index is -4.68. The first-order valence-corrected chi connectivity index (χ1v) is 10.3. The standard InChI is InChI=1S/C21H11ClF3N3O4S/c22-11-5-7-15(14(9-11)21(23,24)25)26-20-27-19(29)18(33-20)10-12-6-8-17(32-12)13-3-1-2-4-16(13)28(30)31/h1-10H,(H,26,27,29)/b18-10+. The maximum atomic E-state index is 13.3. The van der Waals surface area contributed by atoms with Gasteiger partial charge in [0.25, 0.3) is 11.6 Å². The smallest absolute Gasteiger partial charge is 0.418 e. The zero-order valence-electron chi connectivity index (χ0n) is 16.2. The molecular formula is C21H11ClF3N3O4S. The van der Waals surface area contributed by atoms with Crippen LogP contribution in [0.15, 0.2) is 68.9 Å². The third-order valence-electron chi connectivity index (χ3n) is 4.40. The number of nitrogens with zero attached hydrogens (tertiary/aromatic N) is 2. The van der Waals surface area contributed by atoms with E-state index in [2.05, 4.69) is 10.3 Å². The number of hydrogen-bond acceptors (Lipinski definition) is 6. The number of nitro groups is 1. The number of carbonyl (C=O) groups excluding carboxylic acids is 1. The molecule has 1 fully saturated rings. The van der Waals surface area contributed by atoms with Crippen molar-refractivity contribution in [3.8, 4) is 11.3 Å². The largest absolute Gasteiger partial charge is 0.456 e. The highest BCUT2D eigenvalue weighted by Crippen LogP contribution is 2.39. The molecule has 1 saturated heterocycles. The van der Waals surface area contributed by atoms with Crippen molar-refractivity contribution in [2.24, 2.45) is 4.99 Å². The number of furan rings is 1. The summed E-state index contributed by atoms with van der Waals surface area (Å²) in [5, 5.41) is 13.5. The van der Waals surface area contributed by atoms with Gasteiger partial charge >= 0.3 is 6.18 Å². The molecule has 12 heteroatoms. The van der Waals surface area contributed by atoms with Crippen LogP contribution in [0.3, 0.4) is 0 Å². The maximum absolute atomic E-state index is 13.3. The molecule has 2 aromatic carbocycles. The number of amides is 1. The quantitative estimate of drug-likeness (QED) is 0.257. The summed E-state index contributed by atoms with van der Waals surface area (Å²) in [6.45, 7) is 0. The molecule has 0 atom stereocenters. The van der Waals surface area contributed by atoms with Gasteiger partial charge in [-0.3, -0.25) is 14.9 Å². The van der Waals surface area contributed by atoms with Crippen molar-refractivity contribution in [1.82, 2.24) is 5.32 Å². The van der Waals surface area contributed by atoms with Gasteiger partial charge in [0, 0.05) is 17.2 Å². The number of nitro benzene ring substituents is 1. The number of para-hydroxylation sites is 1. The number of rotatable bonds is 4. The van der Waals surface area contributed by atoms with Crippen LogP contribution in [-0.4, -0.2) is 16.0 Å². The van der Waals surface area contributed by atoms with Crippen LogP contribution in [0.2, 0.25) is 5.02 Å². The number of alkyl halides is 3. The lowest BCUT2D eigenvalue weighted by Crippen LogP contribution is -2.19. The van der Waals surface area contributed by atoms with Crippen LogP contribution in [0.1, 0.15) is 11.3 Å². The second-order valence-corrected chi connectivity index (χ2v) is 8.08. The number of benzene rings is 2. The summed E-state index contributed by atoms with van der Waals surface area (Å²) in [5.41, 5.74) is -1.31. The molecule has 2 heterocycles. The number of hydrogen-bond donors (Lipinski definition) is 1. The van der Waals surface area contributed by atoms with Gasteiger partial charge in [0.05, 0.1) is 26.6 Å². The molecule has 1 aliphatic rings. The van der Waals surface area contributed by atoms with E-state index < -0.39 is 28.3 Å². The van der Waals surface area contributed by atoms with Crippen molar-refractivity contribution < 1.29 is 27.3 Å². The molecule has 0 radical (unpaired) electrons. The number of carbonyl (C=O) groups is 1. The number of aliphatic imine (C=N–C) groups is 1. The molecule has 3 aromatic rings. The third kappa shape index (κ3) is 4.94. The Morgan fingerprint density at radius 2 is 1.91 bits per heavy atom. The highest BCUT2D eigenvalue weighted by Gasteiger charge is 2.34. The normalized spacial score (nSPS) is 16.4. The monoisotopic (exact) mass is 493 g/mol. The Morgan fingerprint density at radius 3 is 2.64 bits per heavy atom. The summed E-state index contributed by atoms with van der Waals surface area (Å²) in [4.78, 5) is 27.0. The number of thioether (sulfide) groups is 1. The molecular weight excluding hydrogens is 483 g/mol. The van der Waals surface area contributed by atoms with Gasteiger partial charge in [0.2, 0.25) is 0 Å². The third-order valence-corrected chi connectivity index (χ3v) is 5.55. The van der Waals surface area contributed by atoms with E-state index >= 15 is 0 Å². The van der Waals surface area contributed by atoms with Crippen molar-refractivity contribution in [1.29, 1.82) is 0 Å². The highest BCUT2D eigenvalue weighted by atomic mass is 35.5. The van der Waals surface area contributed by atoms with Crippen LogP contribution in [-0.2, 0) is 11.0 Å². The van der Waals surface area contributed by atoms with Gasteiger partial charge in [-0.25, -0.2) is 4.99 Å². The number of amidine groups is 1. The van der Waals surface area contributed by atoms with Crippen LogP contribution in [0.4, 0.5) is 24.5 Å². The second kappa shape index (κ2) is 8.75. The van der Waals surface area contributed by atoms with Crippen molar-refractivity contribution in [3.05, 3.63) is 86.0 Å². The van der Waals surface area contributed by atoms with Gasteiger partial charge in [-0.1, -0.05) is 23.7 Å². The van der Waals surface area contributed by atoms with Gasteiger partial charge in [-0.15, -0.1) is 0 Å². The molecule has 0 bridgehead atoms. The SMILES string of the molecule is O=C1NC(=Nc2ccc(Cl)cc2C(F)(F)F)S/C1=C/c1ccc(-c2ccccc2[N+](=O)[O-])o1. The molecule has 7 nitrogen and oxygen atoms in total. The van der Waals surface area contributed by atoms with Crippen LogP contribution < -0.4 is 5.32 Å². The van der Waals surface area contributed by atoms with Crippen LogP contribution in [0.5, 0.6) is 0 Å². The molecule has 1 aliphatic heterocycles. The predicted octanol–water partition coefficient (Wildman–Crippen LogP) is 6.42. The molecule has 1 N–H and O–H groups in total. The zero-order valence-corrected chi connectivity index (χ0v) is 17.8. The minimum absolute atomic E-state index is 0.0513. The van der Waals surface area contributed by atoms with E-state index in [0.717, 1.165) is 23.9 Å². The molecule has 1 aromatic heterocycles. The summed E-state index contributed by atoms with van der Waals surface area (Å²) >= 11 is 6.50. The average Bonchev–Trinajstić information content (AvgIpc) is 3.35. The summed E-state index contributed by atoms with van der Waals surface area (Å²) in [6.07, 6.45) is -3.31. The molecule has 0 spiro atoms. The Kier molecular flexibility index (Phi) is 6.00. The zero-order chi connectivity index (χ0) is 23.8. The summed E-state index contributed by atoms with van der Waals surface area (Å²) in [6, 6.07) is 12.2. The van der Waals surface area contributed by atoms with Gasteiger partial charge in [-0.2, -0.15) is 13.2 Å². The van der Waals surface area contributed by atoms with E-state index in [4.69, 9.17) is 16.0 Å². The van der Waals surface area contributed by atoms with E-state index in [0.29, 0.717) is 0 Å². The van der Waals surface area contributed by atoms with Gasteiger partial charge < -0.3 is 9.73 Å². The lowest BCUT2D eigenvalue weighted by molar-refractivity contribution is -0.384. The molecule has 33 heavy (non-hydrogen) atoms. The predicted molar refractivity (Wildman–Crippen MR) is 118 cm³/mol. The summed E-state index contributed by atoms with van der Waals surface area (Å²) in [7, 11) is 0. The Balaban J connectivity index is 1.61. The maximum Gasteiger partial charge on any atom is 0.418 e. The first-order chi connectivity index (χ1) is 15.6. The molecule has 0 unspecified atom stereocenters. The molecule has 1 amide bonds. The van der Waals surface area contributed by atoms with E-state index in [1.54, 1.807) is 6.07 Å². The van der Waals surface area contributed by atoms with Crippen molar-refractivity contribution in [2.75, 3.05) is 0 Å². The van der Waals surface area contributed by atoms with E-state index in [9.17, 15) is 28.1 Å². The minimum Gasteiger partial charge on any atom is -0.456 e. The van der Waals surface area contributed by atoms with Crippen LogP contribution >= 0.6 is 23.4 Å². The van der Waals surface area contributed by atoms with Crippen LogP contribution in [0, 0.1) is 10.1 Å². The van der Waals surface area contributed by atoms with Gasteiger partial charge in [-0.05, 0) is 48.2 Å². The van der Waals surface area contributed by atoms with Crippen molar-refractivity contribution in [2.45, 2.75) is 6.18 Å². The molecule has 0 aliphatic carbocycles. The Hall–Kier alpha value is -3.57. The second-order valence-electron chi connectivity index (χ2n) is 6.62. The fourth-order valence-corrected chi connectivity index (χ4v) is 3.96. The fraction of sp³-hybridized carbons (Fsp3) is 0.0476. The molecule has 168 valence electrons. The van der Waals surface area contributed by atoms with Crippen LogP contribution in [0.25, 0.3) is 17.4 Å². The first kappa shape index (κ1) is 22.6. The van der Waals surface area contributed by atoms with E-state index in [-0.39, 0.29) is 37.9 Å². The van der Waals surface area contributed by atoms with Gasteiger partial charge in [0.1, 0.15) is 11.5 Å². The fourth-order valence-electron chi connectivity index (χ4n) is 2.97. The molecule has 0 saturated carbocycles. The topological polar surface area (TPSA) is 97.7 Å². The lowest BCUT2D eigenvalue weighted by Gasteiger charge is -2.10. The van der Waals surface area contributed by atoms with Crippen molar-refractivity contribution >= 4 is 51.9 Å². The molecule has 4 rings (SSSR count). The Labute approximate surface area is 193 Å². The Morgan fingerprint density at radius 1 is 1.15 bits per heavy atom. The highest BCUT2D eigenvalue weighted by molar-refractivity contribution is 8.18. The summed E-state index contributed by atoms with van der Waals surface area (Å²) in [5.74, 6) is -0.128. The van der Waals surface area contributed by atoms with Crippen molar-refractivity contribution in [3.63, 3.8) is 0 Å². The summed E-state index contributed by atoms with van der Waals surface area (Å²) < 4.78 is 45.5. The average molecular weight is 494 g/mol. The number of halogens is 4. The van der Waals surface area contributed by atoms with Gasteiger partial charge in [0.15, 0.2) is 5.17 Å². The van der Waals surface area contributed by atoms with E-state index in [1.807, 2.05) is 0 Å². The first-order valence-electron chi connectivity index (χ1n) is 9.12. The van der Waals surface area contributed by atoms with E-state index in [1.165, 1.54) is 42.5 Å². The lowest BCUT2D eigenvalue weighted by atomic mass is 10.1.